The SMILES string of the molecule is Cc1ccc(-c2n[nH]c(C3(C4CCN(C(=O)[C@@](C)(O)C(F)(F)F)CC4C)CC3)n2)cc1. The largest absolute Gasteiger partial charge is 0.426 e. The average Bonchev–Trinajstić information content (AvgIpc) is 3.35. The Morgan fingerprint density at radius 3 is 2.45 bits per heavy atom. The van der Waals surface area contributed by atoms with Crippen molar-refractivity contribution in [3.05, 3.63) is 35.7 Å². The van der Waals surface area contributed by atoms with Gasteiger partial charge in [-0.05, 0) is 44.9 Å². The number of benzene rings is 1. The van der Waals surface area contributed by atoms with Crippen molar-refractivity contribution in [1.82, 2.24) is 20.1 Å². The fourth-order valence-corrected chi connectivity index (χ4v) is 4.81. The number of amides is 1. The molecule has 31 heavy (non-hydrogen) atoms. The van der Waals surface area contributed by atoms with Gasteiger partial charge < -0.3 is 10.0 Å². The number of halogens is 3. The second kappa shape index (κ2) is 7.32. The van der Waals surface area contributed by atoms with Crippen LogP contribution in [0.4, 0.5) is 13.2 Å². The Hall–Kier alpha value is -2.42. The number of nitrogens with zero attached hydrogens (tertiary/aromatic N) is 3. The summed E-state index contributed by atoms with van der Waals surface area (Å²) in [5, 5.41) is 17.2. The molecule has 1 saturated heterocycles. The van der Waals surface area contributed by atoms with Crippen LogP contribution in [0.5, 0.6) is 0 Å². The van der Waals surface area contributed by atoms with E-state index in [4.69, 9.17) is 4.98 Å². The van der Waals surface area contributed by atoms with Gasteiger partial charge in [0.15, 0.2) is 5.82 Å². The second-order valence-electron chi connectivity index (χ2n) is 9.22. The molecule has 168 valence electrons. The van der Waals surface area contributed by atoms with E-state index in [0.29, 0.717) is 19.2 Å². The molecule has 3 atom stereocenters. The fourth-order valence-electron chi connectivity index (χ4n) is 4.81. The molecule has 2 heterocycles. The van der Waals surface area contributed by atoms with Crippen molar-refractivity contribution >= 4 is 5.91 Å². The molecule has 9 heteroatoms. The molecule has 1 amide bonds. The number of aliphatic hydroxyl groups is 1. The van der Waals surface area contributed by atoms with E-state index in [1.165, 1.54) is 0 Å². The van der Waals surface area contributed by atoms with Gasteiger partial charge in [0, 0.05) is 24.1 Å². The molecule has 4 rings (SSSR count). The second-order valence-corrected chi connectivity index (χ2v) is 9.22. The van der Waals surface area contributed by atoms with Crippen LogP contribution in [-0.4, -0.2) is 56.0 Å². The summed E-state index contributed by atoms with van der Waals surface area (Å²) < 4.78 is 39.2. The number of aryl methyl sites for hydroxylation is 1. The lowest BCUT2D eigenvalue weighted by atomic mass is 9.74. The first kappa shape index (κ1) is 21.8. The number of nitrogens with one attached hydrogen (secondary N) is 1. The Morgan fingerprint density at radius 1 is 1.26 bits per heavy atom. The molecular formula is C22H27F3N4O2. The Labute approximate surface area is 178 Å². The van der Waals surface area contributed by atoms with Gasteiger partial charge in [0.1, 0.15) is 5.82 Å². The van der Waals surface area contributed by atoms with Crippen molar-refractivity contribution in [3.8, 4) is 11.4 Å². The Kier molecular flexibility index (Phi) is 5.15. The first-order valence-corrected chi connectivity index (χ1v) is 10.5. The van der Waals surface area contributed by atoms with Crippen LogP contribution in [0.2, 0.25) is 0 Å². The smallest absolute Gasteiger partial charge is 0.373 e. The highest BCUT2D eigenvalue weighted by Crippen LogP contribution is 2.57. The molecule has 6 nitrogen and oxygen atoms in total. The van der Waals surface area contributed by atoms with Gasteiger partial charge in [-0.3, -0.25) is 9.89 Å². The van der Waals surface area contributed by atoms with E-state index >= 15 is 0 Å². The molecule has 0 spiro atoms. The first-order valence-electron chi connectivity index (χ1n) is 10.5. The topological polar surface area (TPSA) is 82.1 Å². The zero-order valence-electron chi connectivity index (χ0n) is 17.8. The van der Waals surface area contributed by atoms with Crippen molar-refractivity contribution in [2.24, 2.45) is 11.8 Å². The van der Waals surface area contributed by atoms with Gasteiger partial charge in [0.2, 0.25) is 5.60 Å². The molecule has 2 aliphatic rings. The summed E-state index contributed by atoms with van der Waals surface area (Å²) in [6.45, 7) is 4.84. The van der Waals surface area contributed by atoms with Gasteiger partial charge in [-0.1, -0.05) is 36.8 Å². The van der Waals surface area contributed by atoms with E-state index in [1.807, 2.05) is 38.1 Å². The maximum absolute atomic E-state index is 13.1. The number of aromatic amines is 1. The number of hydrogen-bond donors (Lipinski definition) is 2. The molecule has 2 N–H and O–H groups in total. The summed E-state index contributed by atoms with van der Waals surface area (Å²) in [6.07, 6.45) is -2.59. The summed E-state index contributed by atoms with van der Waals surface area (Å²) in [5.41, 5.74) is -1.48. The number of rotatable bonds is 4. The number of carbonyl (C=O) groups excluding carboxylic acids is 1. The highest BCUT2D eigenvalue weighted by molar-refractivity contribution is 5.85. The van der Waals surface area contributed by atoms with Crippen molar-refractivity contribution < 1.29 is 23.1 Å². The molecule has 1 aromatic carbocycles. The minimum absolute atomic E-state index is 0.0304. The molecule has 2 fully saturated rings. The van der Waals surface area contributed by atoms with Crippen molar-refractivity contribution in [2.45, 2.75) is 57.2 Å². The number of likely N-dealkylation sites (tertiary alicyclic amines) is 1. The lowest BCUT2D eigenvalue weighted by Crippen LogP contribution is -2.59. The Morgan fingerprint density at radius 2 is 1.90 bits per heavy atom. The monoisotopic (exact) mass is 436 g/mol. The van der Waals surface area contributed by atoms with Crippen LogP contribution < -0.4 is 0 Å². The number of H-pyrrole nitrogens is 1. The Balaban J connectivity index is 1.49. The van der Waals surface area contributed by atoms with Gasteiger partial charge >= 0.3 is 6.18 Å². The van der Waals surface area contributed by atoms with Crippen molar-refractivity contribution in [1.29, 1.82) is 0 Å². The van der Waals surface area contributed by atoms with Crippen LogP contribution in [-0.2, 0) is 10.2 Å². The molecule has 1 aliphatic carbocycles. The van der Waals surface area contributed by atoms with Crippen molar-refractivity contribution in [3.63, 3.8) is 0 Å². The van der Waals surface area contributed by atoms with Crippen LogP contribution in [0, 0.1) is 18.8 Å². The van der Waals surface area contributed by atoms with Crippen LogP contribution in [0.1, 0.15) is 44.5 Å². The van der Waals surface area contributed by atoms with Crippen LogP contribution in [0.15, 0.2) is 24.3 Å². The Bertz CT molecular complexity index is 964. The zero-order valence-corrected chi connectivity index (χ0v) is 17.8. The van der Waals surface area contributed by atoms with E-state index in [0.717, 1.165) is 34.7 Å². The molecule has 2 aromatic rings. The standard InChI is InChI=1S/C22H27F3N4O2/c1-13-4-6-15(7-5-13)17-26-18(28-27-17)21(9-10-21)16-8-11-29(12-14(16)2)19(30)20(3,31)22(23,24)25/h4-7,14,16,31H,8-12H2,1-3H3,(H,26,27,28)/t14?,16?,20-/m1/s1. The highest BCUT2D eigenvalue weighted by Gasteiger charge is 2.59. The summed E-state index contributed by atoms with van der Waals surface area (Å²) in [7, 11) is 0. The van der Waals surface area contributed by atoms with Gasteiger partial charge in [0.25, 0.3) is 5.91 Å². The number of alkyl halides is 3. The third-order valence-electron chi connectivity index (χ3n) is 6.93. The summed E-state index contributed by atoms with van der Waals surface area (Å²) in [5.74, 6) is 0.296. The quantitative estimate of drug-likeness (QED) is 0.767. The third kappa shape index (κ3) is 3.73. The number of piperidine rings is 1. The van der Waals surface area contributed by atoms with E-state index < -0.39 is 17.7 Å². The minimum atomic E-state index is -5.01. The zero-order chi connectivity index (χ0) is 22.6. The molecule has 0 radical (unpaired) electrons. The summed E-state index contributed by atoms with van der Waals surface area (Å²) >= 11 is 0. The van der Waals surface area contributed by atoms with Gasteiger partial charge in [0.05, 0.1) is 0 Å². The maximum atomic E-state index is 13.1. The van der Waals surface area contributed by atoms with E-state index in [9.17, 15) is 23.1 Å². The molecular weight excluding hydrogens is 409 g/mol. The molecule has 1 saturated carbocycles. The number of aromatic nitrogens is 3. The average molecular weight is 436 g/mol. The minimum Gasteiger partial charge on any atom is -0.373 e. The molecule has 0 bridgehead atoms. The van der Waals surface area contributed by atoms with E-state index in [1.54, 1.807) is 0 Å². The lowest BCUT2D eigenvalue weighted by Gasteiger charge is -2.42. The normalized spacial score (nSPS) is 25.2. The van der Waals surface area contributed by atoms with Crippen LogP contribution in [0.25, 0.3) is 11.4 Å². The molecule has 2 unspecified atom stereocenters. The van der Waals surface area contributed by atoms with Gasteiger partial charge in [-0.15, -0.1) is 0 Å². The number of hydrogen-bond acceptors (Lipinski definition) is 4. The first-order chi connectivity index (χ1) is 14.5. The molecule has 1 aliphatic heterocycles. The van der Waals surface area contributed by atoms with E-state index in [-0.39, 0.29) is 30.3 Å². The summed E-state index contributed by atoms with van der Waals surface area (Å²) in [6, 6.07) is 7.95. The maximum Gasteiger partial charge on any atom is 0.426 e. The fraction of sp³-hybridized carbons (Fsp3) is 0.591. The van der Waals surface area contributed by atoms with Crippen molar-refractivity contribution in [2.75, 3.05) is 13.1 Å². The van der Waals surface area contributed by atoms with Crippen LogP contribution >= 0.6 is 0 Å². The number of carbonyl (C=O) groups is 1. The van der Waals surface area contributed by atoms with Crippen LogP contribution in [0.3, 0.4) is 0 Å². The summed E-state index contributed by atoms with van der Waals surface area (Å²) in [4.78, 5) is 18.3. The predicted octanol–water partition coefficient (Wildman–Crippen LogP) is 3.61. The lowest BCUT2D eigenvalue weighted by molar-refractivity contribution is -0.251. The highest BCUT2D eigenvalue weighted by atomic mass is 19.4. The predicted molar refractivity (Wildman–Crippen MR) is 108 cm³/mol. The molecule has 1 aromatic heterocycles. The van der Waals surface area contributed by atoms with Gasteiger partial charge in [-0.2, -0.15) is 18.3 Å². The third-order valence-corrected chi connectivity index (χ3v) is 6.93. The van der Waals surface area contributed by atoms with Gasteiger partial charge in [-0.25, -0.2) is 4.98 Å². The van der Waals surface area contributed by atoms with E-state index in [2.05, 4.69) is 10.2 Å².